The van der Waals surface area contributed by atoms with Crippen molar-refractivity contribution in [1.29, 1.82) is 0 Å². The van der Waals surface area contributed by atoms with Gasteiger partial charge in [-0.3, -0.25) is 0 Å². The summed E-state index contributed by atoms with van der Waals surface area (Å²) in [5.74, 6) is 1.87. The second-order valence-corrected chi connectivity index (χ2v) is 19.2. The molecule has 350 valence electrons. The first-order chi connectivity index (χ1) is 37.2. The van der Waals surface area contributed by atoms with Crippen LogP contribution in [0.5, 0.6) is 0 Å². The fourth-order valence-corrected chi connectivity index (χ4v) is 11.5. The monoisotopic (exact) mass is 956 g/mol. The van der Waals surface area contributed by atoms with Crippen LogP contribution in [0.3, 0.4) is 0 Å². The molecule has 0 atom stereocenters. The zero-order valence-electron chi connectivity index (χ0n) is 40.6. The molecule has 0 amide bonds. The smallest absolute Gasteiger partial charge is 0.164 e. The molecule has 4 aromatic heterocycles. The molecule has 0 N–H and O–H groups in total. The minimum Gasteiger partial charge on any atom is -0.309 e. The molecule has 15 aromatic rings. The fourth-order valence-electron chi connectivity index (χ4n) is 11.5. The third kappa shape index (κ3) is 6.99. The average molecular weight is 957 g/mol. The summed E-state index contributed by atoms with van der Waals surface area (Å²) in [7, 11) is 0. The third-order valence-electron chi connectivity index (χ3n) is 14.9. The van der Waals surface area contributed by atoms with E-state index in [4.69, 9.17) is 15.0 Å². The molecule has 11 aromatic carbocycles. The maximum Gasteiger partial charge on any atom is 0.164 e. The third-order valence-corrected chi connectivity index (χ3v) is 14.9. The summed E-state index contributed by atoms with van der Waals surface area (Å²) < 4.78 is 7.29. The molecule has 0 aliphatic carbocycles. The maximum absolute atomic E-state index is 5.13. The molecule has 4 heterocycles. The second kappa shape index (κ2) is 17.3. The first kappa shape index (κ1) is 42.5. The van der Waals surface area contributed by atoms with Gasteiger partial charge in [-0.15, -0.1) is 0 Å². The van der Waals surface area contributed by atoms with Crippen LogP contribution in [0.1, 0.15) is 0 Å². The van der Waals surface area contributed by atoms with Crippen LogP contribution in [0.2, 0.25) is 0 Å². The standard InChI is InChI=1S/C69H44N6/c1-5-20-45(21-6-1)48-36-38-53(49-37-39-63-57(41-49)54-30-13-16-33-60(54)73(63)51-27-11-4-12-28-51)64(42-48)75-62-35-18-15-32-56(62)59-43-58-55-31-14-17-34-61(55)74(65(58)44-66(59)75)52-29-19-26-50(40-52)69-71-67(46-22-7-2-8-23-46)70-68(72-69)47-24-9-3-10-25-47/h1-44H. The number of benzene rings is 11. The minimum absolute atomic E-state index is 0.612. The summed E-state index contributed by atoms with van der Waals surface area (Å²) in [5.41, 5.74) is 17.5. The summed E-state index contributed by atoms with van der Waals surface area (Å²) in [6, 6.07) is 95.6. The SMILES string of the molecule is c1ccc(-c2ccc(-c3ccc4c(c3)c3ccccc3n4-c3ccccc3)c(-n3c4ccccc4c4cc5c6ccccc6n(-c6cccc(-c7nc(-c8ccccc8)nc(-c8ccccc8)n7)c6)c5cc43)c2)cc1. The molecule has 0 saturated heterocycles. The lowest BCUT2D eigenvalue weighted by Gasteiger charge is -2.17. The van der Waals surface area contributed by atoms with Gasteiger partial charge in [-0.25, -0.2) is 15.0 Å². The van der Waals surface area contributed by atoms with Gasteiger partial charge in [0, 0.05) is 65.9 Å². The van der Waals surface area contributed by atoms with Crippen molar-refractivity contribution in [2.45, 2.75) is 0 Å². The fraction of sp³-hybridized carbons (Fsp3) is 0. The van der Waals surface area contributed by atoms with Gasteiger partial charge in [0.1, 0.15) is 0 Å². The van der Waals surface area contributed by atoms with Crippen molar-refractivity contribution in [2.24, 2.45) is 0 Å². The van der Waals surface area contributed by atoms with Crippen molar-refractivity contribution in [2.75, 3.05) is 0 Å². The summed E-state index contributed by atoms with van der Waals surface area (Å²) in [6.45, 7) is 0. The lowest BCUT2D eigenvalue weighted by Crippen LogP contribution is -2.01. The molecule has 6 heteroatoms. The highest BCUT2D eigenvalue weighted by Gasteiger charge is 2.23. The van der Waals surface area contributed by atoms with E-state index in [1.54, 1.807) is 0 Å². The molecule has 0 aliphatic heterocycles. The molecule has 0 spiro atoms. The van der Waals surface area contributed by atoms with E-state index in [1.165, 1.54) is 48.9 Å². The van der Waals surface area contributed by atoms with Gasteiger partial charge in [0.2, 0.25) is 0 Å². The Morgan fingerprint density at radius 1 is 0.213 bits per heavy atom. The van der Waals surface area contributed by atoms with E-state index in [1.807, 2.05) is 60.7 Å². The van der Waals surface area contributed by atoms with E-state index < -0.39 is 0 Å². The number of rotatable bonds is 8. The second-order valence-electron chi connectivity index (χ2n) is 19.2. The van der Waals surface area contributed by atoms with Crippen molar-refractivity contribution >= 4 is 65.4 Å². The Bertz CT molecular complexity index is 4630. The molecule has 6 nitrogen and oxygen atoms in total. The lowest BCUT2D eigenvalue weighted by atomic mass is 9.96. The molecule has 0 bridgehead atoms. The minimum atomic E-state index is 0.612. The Kier molecular flexibility index (Phi) is 9.78. The Balaban J connectivity index is 0.969. The number of para-hydroxylation sites is 4. The van der Waals surface area contributed by atoms with Gasteiger partial charge >= 0.3 is 0 Å². The predicted molar refractivity (Wildman–Crippen MR) is 310 cm³/mol. The Morgan fingerprint density at radius 2 is 0.640 bits per heavy atom. The van der Waals surface area contributed by atoms with Crippen LogP contribution >= 0.6 is 0 Å². The van der Waals surface area contributed by atoms with Crippen molar-refractivity contribution in [3.63, 3.8) is 0 Å². The molecular weight excluding hydrogens is 913 g/mol. The van der Waals surface area contributed by atoms with Crippen molar-refractivity contribution in [1.82, 2.24) is 28.7 Å². The number of hydrogen-bond donors (Lipinski definition) is 0. The van der Waals surface area contributed by atoms with Gasteiger partial charge in [-0.05, 0) is 89.5 Å². The Hall–Kier alpha value is -10.2. The van der Waals surface area contributed by atoms with E-state index in [2.05, 4.69) is 220 Å². The van der Waals surface area contributed by atoms with E-state index in [-0.39, 0.29) is 0 Å². The van der Waals surface area contributed by atoms with E-state index in [0.717, 1.165) is 72.5 Å². The van der Waals surface area contributed by atoms with Crippen LogP contribution in [0.25, 0.3) is 139 Å². The van der Waals surface area contributed by atoms with Crippen LogP contribution < -0.4 is 0 Å². The largest absolute Gasteiger partial charge is 0.309 e. The molecule has 75 heavy (non-hydrogen) atoms. The number of hydrogen-bond acceptors (Lipinski definition) is 3. The van der Waals surface area contributed by atoms with Crippen LogP contribution in [-0.2, 0) is 0 Å². The Morgan fingerprint density at radius 3 is 1.24 bits per heavy atom. The number of fused-ring (bicyclic) bond motifs is 9. The van der Waals surface area contributed by atoms with E-state index in [0.29, 0.717) is 17.5 Å². The van der Waals surface area contributed by atoms with Crippen LogP contribution in [0.15, 0.2) is 267 Å². The van der Waals surface area contributed by atoms with Crippen molar-refractivity contribution < 1.29 is 0 Å². The number of aromatic nitrogens is 6. The normalized spacial score (nSPS) is 11.7. The van der Waals surface area contributed by atoms with Gasteiger partial charge in [0.25, 0.3) is 0 Å². The molecule has 0 radical (unpaired) electrons. The molecule has 15 rings (SSSR count). The quantitative estimate of drug-likeness (QED) is 0.152. The van der Waals surface area contributed by atoms with E-state index in [9.17, 15) is 0 Å². The molecule has 0 fully saturated rings. The predicted octanol–water partition coefficient (Wildman–Crippen LogP) is 17.5. The summed E-state index contributed by atoms with van der Waals surface area (Å²) >= 11 is 0. The molecule has 0 aliphatic rings. The highest BCUT2D eigenvalue weighted by molar-refractivity contribution is 6.19. The maximum atomic E-state index is 5.13. The zero-order valence-corrected chi connectivity index (χ0v) is 40.6. The van der Waals surface area contributed by atoms with Gasteiger partial charge in [0.15, 0.2) is 17.5 Å². The topological polar surface area (TPSA) is 53.5 Å². The Labute approximate surface area is 432 Å². The summed E-state index contributed by atoms with van der Waals surface area (Å²) in [4.78, 5) is 15.2. The molecule has 0 unspecified atom stereocenters. The van der Waals surface area contributed by atoms with Crippen molar-refractivity contribution in [3.8, 4) is 73.5 Å². The van der Waals surface area contributed by atoms with Crippen LogP contribution in [-0.4, -0.2) is 28.7 Å². The zero-order chi connectivity index (χ0) is 49.4. The van der Waals surface area contributed by atoms with Gasteiger partial charge in [-0.2, -0.15) is 0 Å². The highest BCUT2D eigenvalue weighted by Crippen LogP contribution is 2.44. The van der Waals surface area contributed by atoms with Crippen LogP contribution in [0, 0.1) is 0 Å². The first-order valence-corrected chi connectivity index (χ1v) is 25.4. The summed E-state index contributed by atoms with van der Waals surface area (Å²) in [6.07, 6.45) is 0. The van der Waals surface area contributed by atoms with E-state index >= 15 is 0 Å². The number of nitrogens with zero attached hydrogens (tertiary/aromatic N) is 6. The molecule has 0 saturated carbocycles. The lowest BCUT2D eigenvalue weighted by molar-refractivity contribution is 1.07. The van der Waals surface area contributed by atoms with Crippen molar-refractivity contribution in [3.05, 3.63) is 267 Å². The summed E-state index contributed by atoms with van der Waals surface area (Å²) in [5, 5.41) is 7.20. The van der Waals surface area contributed by atoms with Gasteiger partial charge in [0.05, 0.1) is 38.8 Å². The van der Waals surface area contributed by atoms with Crippen LogP contribution in [0.4, 0.5) is 0 Å². The average Bonchev–Trinajstić information content (AvgIpc) is 4.14. The molecular formula is C69H44N6. The highest BCUT2D eigenvalue weighted by atomic mass is 15.0. The van der Waals surface area contributed by atoms with Gasteiger partial charge < -0.3 is 13.7 Å². The van der Waals surface area contributed by atoms with Gasteiger partial charge in [-0.1, -0.05) is 194 Å². The first-order valence-electron chi connectivity index (χ1n) is 25.4.